The van der Waals surface area contributed by atoms with Crippen molar-refractivity contribution in [1.82, 2.24) is 25.1 Å². The molecule has 2 aromatic rings. The van der Waals surface area contributed by atoms with Gasteiger partial charge in [0, 0.05) is 58.0 Å². The number of piperazine rings is 1. The Hall–Kier alpha value is -3.58. The first-order valence-electron chi connectivity index (χ1n) is 17.2. The number of anilines is 1. The quantitative estimate of drug-likeness (QED) is 0.194. The minimum Gasteiger partial charge on any atom is -0.449 e. The van der Waals surface area contributed by atoms with Gasteiger partial charge in [-0.2, -0.15) is 0 Å². The number of benzene rings is 1. The molecule has 49 heavy (non-hydrogen) atoms. The summed E-state index contributed by atoms with van der Waals surface area (Å²) in [5, 5.41) is 2.88. The summed E-state index contributed by atoms with van der Waals surface area (Å²) in [4.78, 5) is 55.1. The van der Waals surface area contributed by atoms with Crippen LogP contribution in [-0.2, 0) is 27.9 Å². The highest BCUT2D eigenvalue weighted by Gasteiger charge is 2.34. The molecule has 14 nitrogen and oxygen atoms in total. The van der Waals surface area contributed by atoms with Gasteiger partial charge < -0.3 is 38.5 Å². The maximum atomic E-state index is 14.0. The third kappa shape index (κ3) is 10.7. The van der Waals surface area contributed by atoms with Crippen LogP contribution in [0.1, 0.15) is 62.5 Å². The molecule has 0 unspecified atom stereocenters. The predicted molar refractivity (Wildman–Crippen MR) is 186 cm³/mol. The van der Waals surface area contributed by atoms with Gasteiger partial charge in [0.05, 0.1) is 32.1 Å². The second-order valence-electron chi connectivity index (χ2n) is 12.2. The molecule has 3 heterocycles. The first kappa shape index (κ1) is 38.2. The van der Waals surface area contributed by atoms with Gasteiger partial charge in [-0.25, -0.2) is 14.8 Å². The van der Waals surface area contributed by atoms with Crippen molar-refractivity contribution in [3.63, 3.8) is 0 Å². The van der Waals surface area contributed by atoms with E-state index in [0.29, 0.717) is 44.4 Å². The highest BCUT2D eigenvalue weighted by molar-refractivity contribution is 7.53. The number of hydrogen-bond acceptors (Lipinski definition) is 11. The van der Waals surface area contributed by atoms with E-state index in [-0.39, 0.29) is 56.6 Å². The Morgan fingerprint density at radius 3 is 2.27 bits per heavy atom. The lowest BCUT2D eigenvalue weighted by Crippen LogP contribution is -2.56. The standard InChI is InChI=1S/C34H51N6O8P/c1-6-9-21-46-34(43)39-19-17-38(18-20-39)33(42)28(15-22-49(44,47-7-2)48-8-3)36-32(41)29-23-30(40-16-14-27(24-40)45-5)37-31(35-29)26-12-10-25(4)11-13-26/h10-13,23,27-28H,6-9,14-22,24H2,1-5H3,(H,36,41)/t27-,28-/m0/s1. The minimum absolute atomic E-state index is 0.00548. The Bertz CT molecular complexity index is 1440. The molecule has 1 aromatic carbocycles. The lowest BCUT2D eigenvalue weighted by Gasteiger charge is -2.36. The van der Waals surface area contributed by atoms with Crippen LogP contribution in [0.3, 0.4) is 0 Å². The van der Waals surface area contributed by atoms with Crippen LogP contribution in [0.2, 0.25) is 0 Å². The molecule has 0 spiro atoms. The number of nitrogens with zero attached hydrogens (tertiary/aromatic N) is 5. The van der Waals surface area contributed by atoms with Crippen LogP contribution >= 0.6 is 7.60 Å². The molecule has 2 saturated heterocycles. The third-order valence-corrected chi connectivity index (χ3v) is 10.7. The Balaban J connectivity index is 1.58. The molecule has 1 N–H and O–H groups in total. The monoisotopic (exact) mass is 702 g/mol. The van der Waals surface area contributed by atoms with Crippen molar-refractivity contribution in [3.05, 3.63) is 41.6 Å². The second-order valence-corrected chi connectivity index (χ2v) is 14.3. The molecule has 0 saturated carbocycles. The van der Waals surface area contributed by atoms with Crippen LogP contribution in [-0.4, -0.2) is 122 Å². The number of amides is 3. The maximum Gasteiger partial charge on any atom is 0.409 e. The Labute approximate surface area is 289 Å². The molecule has 2 atom stereocenters. The van der Waals surface area contributed by atoms with Crippen LogP contribution in [0.5, 0.6) is 0 Å². The van der Waals surface area contributed by atoms with Gasteiger partial charge in [0.1, 0.15) is 17.6 Å². The largest absolute Gasteiger partial charge is 0.449 e. The normalized spacial score (nSPS) is 17.2. The summed E-state index contributed by atoms with van der Waals surface area (Å²) in [7, 11) is -1.85. The van der Waals surface area contributed by atoms with Crippen molar-refractivity contribution >= 4 is 31.3 Å². The summed E-state index contributed by atoms with van der Waals surface area (Å²) < 4.78 is 35.2. The zero-order chi connectivity index (χ0) is 35.4. The summed E-state index contributed by atoms with van der Waals surface area (Å²) in [6.07, 6.45) is 2.09. The highest BCUT2D eigenvalue weighted by atomic mass is 31.2. The third-order valence-electron chi connectivity index (χ3n) is 8.58. The Morgan fingerprint density at radius 2 is 1.65 bits per heavy atom. The first-order valence-corrected chi connectivity index (χ1v) is 19.0. The smallest absolute Gasteiger partial charge is 0.409 e. The number of ether oxygens (including phenoxy) is 2. The summed E-state index contributed by atoms with van der Waals surface area (Å²) in [5.41, 5.74) is 1.92. The fraction of sp³-hybridized carbons (Fsp3) is 0.618. The highest BCUT2D eigenvalue weighted by Crippen LogP contribution is 2.48. The second kappa shape index (κ2) is 18.4. The van der Waals surface area contributed by atoms with Gasteiger partial charge in [-0.15, -0.1) is 0 Å². The van der Waals surface area contributed by atoms with E-state index >= 15 is 0 Å². The van der Waals surface area contributed by atoms with Gasteiger partial charge in [0.15, 0.2) is 5.82 Å². The Morgan fingerprint density at radius 1 is 0.980 bits per heavy atom. The number of aryl methyl sites for hydroxylation is 1. The van der Waals surface area contributed by atoms with Crippen LogP contribution in [0.25, 0.3) is 11.4 Å². The molecule has 0 aliphatic carbocycles. The van der Waals surface area contributed by atoms with Gasteiger partial charge in [-0.1, -0.05) is 43.2 Å². The van der Waals surface area contributed by atoms with E-state index in [1.807, 2.05) is 38.1 Å². The van der Waals surface area contributed by atoms with Gasteiger partial charge in [0.2, 0.25) is 5.91 Å². The zero-order valence-electron chi connectivity index (χ0n) is 29.4. The molecule has 3 amide bonds. The summed E-state index contributed by atoms with van der Waals surface area (Å²) in [6, 6.07) is 8.29. The van der Waals surface area contributed by atoms with Crippen LogP contribution in [0.15, 0.2) is 30.3 Å². The van der Waals surface area contributed by atoms with E-state index < -0.39 is 25.6 Å². The van der Waals surface area contributed by atoms with E-state index in [9.17, 15) is 18.9 Å². The number of aromatic nitrogens is 2. The Kier molecular flexibility index (Phi) is 14.4. The average molecular weight is 703 g/mol. The maximum absolute atomic E-state index is 14.0. The molecular weight excluding hydrogens is 651 g/mol. The molecule has 15 heteroatoms. The molecule has 270 valence electrons. The molecule has 0 bridgehead atoms. The number of rotatable bonds is 16. The molecule has 4 rings (SSSR count). The van der Waals surface area contributed by atoms with Crippen molar-refractivity contribution in [3.8, 4) is 11.4 Å². The number of carbonyl (C=O) groups is 3. The van der Waals surface area contributed by atoms with Crippen molar-refractivity contribution in [2.45, 2.75) is 65.5 Å². The number of nitrogens with one attached hydrogen (secondary N) is 1. The molecule has 0 radical (unpaired) electrons. The number of carbonyl (C=O) groups excluding carboxylic acids is 3. The average Bonchev–Trinajstić information content (AvgIpc) is 3.60. The first-order chi connectivity index (χ1) is 23.6. The molecular formula is C34H51N6O8P. The van der Waals surface area contributed by atoms with Crippen molar-refractivity contribution in [2.24, 2.45) is 0 Å². The van der Waals surface area contributed by atoms with Crippen molar-refractivity contribution < 1.29 is 37.5 Å². The zero-order valence-corrected chi connectivity index (χ0v) is 30.3. The summed E-state index contributed by atoms with van der Waals surface area (Å²) in [6.45, 7) is 10.6. The van der Waals surface area contributed by atoms with E-state index in [0.717, 1.165) is 30.4 Å². The van der Waals surface area contributed by atoms with E-state index in [1.165, 1.54) is 0 Å². The minimum atomic E-state index is -3.52. The lowest BCUT2D eigenvalue weighted by molar-refractivity contribution is -0.134. The van der Waals surface area contributed by atoms with Crippen LogP contribution in [0.4, 0.5) is 10.6 Å². The van der Waals surface area contributed by atoms with Gasteiger partial charge in [0.25, 0.3) is 5.91 Å². The number of hydrogen-bond donors (Lipinski definition) is 1. The fourth-order valence-electron chi connectivity index (χ4n) is 5.73. The summed E-state index contributed by atoms with van der Waals surface area (Å²) >= 11 is 0. The molecule has 2 aliphatic heterocycles. The fourth-order valence-corrected chi connectivity index (χ4v) is 7.43. The number of methoxy groups -OCH3 is 1. The predicted octanol–water partition coefficient (Wildman–Crippen LogP) is 4.51. The van der Waals surface area contributed by atoms with Crippen molar-refractivity contribution in [1.29, 1.82) is 0 Å². The van der Waals surface area contributed by atoms with Crippen LogP contribution in [0, 0.1) is 6.92 Å². The molecule has 2 fully saturated rings. The molecule has 1 aromatic heterocycles. The van der Waals surface area contributed by atoms with Crippen molar-refractivity contribution in [2.75, 3.05) is 77.3 Å². The van der Waals surface area contributed by atoms with E-state index in [2.05, 4.69) is 15.2 Å². The number of unbranched alkanes of at least 4 members (excludes halogenated alkanes) is 1. The van der Waals surface area contributed by atoms with E-state index in [4.69, 9.17) is 23.5 Å². The lowest BCUT2D eigenvalue weighted by atomic mass is 10.1. The van der Waals surface area contributed by atoms with Gasteiger partial charge in [-0.05, 0) is 40.0 Å². The van der Waals surface area contributed by atoms with E-state index in [1.54, 1.807) is 36.8 Å². The van der Waals surface area contributed by atoms with Crippen LogP contribution < -0.4 is 10.2 Å². The topological polar surface area (TPSA) is 153 Å². The van der Waals surface area contributed by atoms with Gasteiger partial charge in [-0.3, -0.25) is 14.2 Å². The molecule has 2 aliphatic rings. The van der Waals surface area contributed by atoms with Gasteiger partial charge >= 0.3 is 13.7 Å². The summed E-state index contributed by atoms with van der Waals surface area (Å²) in [5.74, 6) is 0.0314. The SMILES string of the molecule is CCCCOC(=O)N1CCN(C(=O)[C@H](CCP(=O)(OCC)OCC)NC(=O)c2cc(N3CC[C@H](OC)C3)nc(-c3ccc(C)cc3)n2)CC1.